The summed E-state index contributed by atoms with van der Waals surface area (Å²) in [5.74, 6) is 2.64. The van der Waals surface area contributed by atoms with Gasteiger partial charge in [-0.1, -0.05) is 26.7 Å². The minimum absolute atomic E-state index is 0.439. The van der Waals surface area contributed by atoms with Gasteiger partial charge in [-0.05, 0) is 63.7 Å². The van der Waals surface area contributed by atoms with Crippen molar-refractivity contribution >= 4 is 9.28 Å². The van der Waals surface area contributed by atoms with Gasteiger partial charge in [0.05, 0.1) is 0 Å². The standard InChI is InChI=1S/C17H34O2Si/c1-5-18-20(19-6-2)17(9-7-8-10-17)16-12-14(3)11-15(4)13-16/h14-16,20H,5-13H2,1-4H3. The molecule has 2 aliphatic rings. The second-order valence-electron chi connectivity index (χ2n) is 7.30. The molecule has 0 radical (unpaired) electrons. The van der Waals surface area contributed by atoms with E-state index in [0.717, 1.165) is 31.0 Å². The summed E-state index contributed by atoms with van der Waals surface area (Å²) in [4.78, 5) is 0. The van der Waals surface area contributed by atoms with Crippen LogP contribution < -0.4 is 0 Å². The Morgan fingerprint density at radius 3 is 1.85 bits per heavy atom. The summed E-state index contributed by atoms with van der Waals surface area (Å²) in [7, 11) is -1.55. The molecule has 2 fully saturated rings. The highest BCUT2D eigenvalue weighted by Crippen LogP contribution is 2.59. The van der Waals surface area contributed by atoms with E-state index in [1.165, 1.54) is 44.9 Å². The van der Waals surface area contributed by atoms with Crippen LogP contribution >= 0.6 is 0 Å². The summed E-state index contributed by atoms with van der Waals surface area (Å²) in [5, 5.41) is 0.439. The van der Waals surface area contributed by atoms with Crippen molar-refractivity contribution < 1.29 is 8.85 Å². The topological polar surface area (TPSA) is 18.5 Å². The van der Waals surface area contributed by atoms with Gasteiger partial charge in [0.2, 0.25) is 0 Å². The second kappa shape index (κ2) is 7.41. The lowest BCUT2D eigenvalue weighted by molar-refractivity contribution is 0.116. The number of rotatable bonds is 6. The molecule has 0 saturated heterocycles. The van der Waals surface area contributed by atoms with Gasteiger partial charge in [-0.25, -0.2) is 0 Å². The molecule has 2 rings (SSSR count). The third-order valence-corrected chi connectivity index (χ3v) is 8.89. The molecule has 0 aromatic heterocycles. The van der Waals surface area contributed by atoms with Gasteiger partial charge in [-0.2, -0.15) is 0 Å². The molecule has 0 heterocycles. The van der Waals surface area contributed by atoms with Crippen molar-refractivity contribution in [3.8, 4) is 0 Å². The largest absolute Gasteiger partial charge is 0.396 e. The highest BCUT2D eigenvalue weighted by Gasteiger charge is 2.51. The van der Waals surface area contributed by atoms with E-state index in [4.69, 9.17) is 8.85 Å². The molecule has 2 unspecified atom stereocenters. The second-order valence-corrected chi connectivity index (χ2v) is 9.78. The minimum atomic E-state index is -1.55. The summed E-state index contributed by atoms with van der Waals surface area (Å²) in [6.45, 7) is 10.8. The molecule has 0 spiro atoms. The van der Waals surface area contributed by atoms with Crippen LogP contribution in [0.1, 0.15) is 72.6 Å². The van der Waals surface area contributed by atoms with Gasteiger partial charge in [-0.3, -0.25) is 0 Å². The molecule has 0 N–H and O–H groups in total. The van der Waals surface area contributed by atoms with E-state index in [2.05, 4.69) is 27.7 Å². The maximum atomic E-state index is 6.21. The molecule has 0 aromatic rings. The van der Waals surface area contributed by atoms with E-state index in [9.17, 15) is 0 Å². The predicted molar refractivity (Wildman–Crippen MR) is 87.2 cm³/mol. The highest BCUT2D eigenvalue weighted by molar-refractivity contribution is 6.49. The van der Waals surface area contributed by atoms with Crippen LogP contribution in [0.25, 0.3) is 0 Å². The fourth-order valence-corrected chi connectivity index (χ4v) is 7.87. The number of hydrogen-bond donors (Lipinski definition) is 0. The summed E-state index contributed by atoms with van der Waals surface area (Å²) in [6, 6.07) is 0. The Labute approximate surface area is 127 Å². The quantitative estimate of drug-likeness (QED) is 0.664. The van der Waals surface area contributed by atoms with E-state index in [1.54, 1.807) is 0 Å². The predicted octanol–water partition coefficient (Wildman–Crippen LogP) is 4.67. The Balaban J connectivity index is 2.18. The Hall–Kier alpha value is 0.137. The smallest absolute Gasteiger partial charge is 0.328 e. The third kappa shape index (κ3) is 3.48. The average Bonchev–Trinajstić information content (AvgIpc) is 2.88. The summed E-state index contributed by atoms with van der Waals surface area (Å²) in [6.07, 6.45) is 9.76. The van der Waals surface area contributed by atoms with E-state index in [0.29, 0.717) is 5.04 Å². The molecule has 3 heteroatoms. The fraction of sp³-hybridized carbons (Fsp3) is 1.00. The molecule has 0 bridgehead atoms. The Morgan fingerprint density at radius 2 is 1.40 bits per heavy atom. The third-order valence-electron chi connectivity index (χ3n) is 5.63. The first-order valence-electron chi connectivity index (χ1n) is 8.85. The molecule has 20 heavy (non-hydrogen) atoms. The molecular weight excluding hydrogens is 264 g/mol. The lowest BCUT2D eigenvalue weighted by Crippen LogP contribution is -2.44. The summed E-state index contributed by atoms with van der Waals surface area (Å²) < 4.78 is 12.4. The first kappa shape index (κ1) is 16.5. The Kier molecular flexibility index (Phi) is 6.12. The molecule has 2 saturated carbocycles. The Bertz CT molecular complexity index is 273. The van der Waals surface area contributed by atoms with Crippen LogP contribution in [0.3, 0.4) is 0 Å². The van der Waals surface area contributed by atoms with E-state index in [1.807, 2.05) is 0 Å². The van der Waals surface area contributed by atoms with Crippen molar-refractivity contribution in [2.45, 2.75) is 77.7 Å². The molecule has 118 valence electrons. The molecular formula is C17H34O2Si. The van der Waals surface area contributed by atoms with Crippen LogP contribution in [0.15, 0.2) is 0 Å². The lowest BCUT2D eigenvalue weighted by Gasteiger charge is -2.46. The van der Waals surface area contributed by atoms with Crippen molar-refractivity contribution in [3.05, 3.63) is 0 Å². The molecule has 0 amide bonds. The first-order chi connectivity index (χ1) is 9.62. The highest BCUT2D eigenvalue weighted by atomic mass is 28.3. The Morgan fingerprint density at radius 1 is 0.900 bits per heavy atom. The van der Waals surface area contributed by atoms with Gasteiger partial charge in [-0.15, -0.1) is 0 Å². The van der Waals surface area contributed by atoms with Gasteiger partial charge in [0.15, 0.2) is 0 Å². The number of hydrogen-bond acceptors (Lipinski definition) is 2. The minimum Gasteiger partial charge on any atom is -0.396 e. The zero-order chi connectivity index (χ0) is 14.6. The molecule has 2 aliphatic carbocycles. The fourth-order valence-electron chi connectivity index (χ4n) is 4.97. The zero-order valence-electron chi connectivity index (χ0n) is 14.0. The van der Waals surface area contributed by atoms with Crippen LogP contribution in [-0.2, 0) is 8.85 Å². The average molecular weight is 299 g/mol. The molecule has 2 atom stereocenters. The van der Waals surface area contributed by atoms with Crippen LogP contribution in [-0.4, -0.2) is 22.5 Å². The maximum absolute atomic E-state index is 6.21. The van der Waals surface area contributed by atoms with E-state index < -0.39 is 9.28 Å². The normalized spacial score (nSPS) is 33.8. The SMILES string of the molecule is CCO[SiH](OCC)C1(C2CC(C)CC(C)C2)CCCC1. The molecule has 0 aromatic carbocycles. The van der Waals surface area contributed by atoms with Crippen molar-refractivity contribution in [2.24, 2.45) is 17.8 Å². The van der Waals surface area contributed by atoms with Gasteiger partial charge < -0.3 is 8.85 Å². The van der Waals surface area contributed by atoms with Crippen LogP contribution in [0.2, 0.25) is 5.04 Å². The van der Waals surface area contributed by atoms with Crippen molar-refractivity contribution in [1.82, 2.24) is 0 Å². The van der Waals surface area contributed by atoms with Crippen LogP contribution in [0.5, 0.6) is 0 Å². The maximum Gasteiger partial charge on any atom is 0.328 e. The van der Waals surface area contributed by atoms with Crippen molar-refractivity contribution in [2.75, 3.05) is 13.2 Å². The van der Waals surface area contributed by atoms with Gasteiger partial charge in [0.1, 0.15) is 0 Å². The van der Waals surface area contributed by atoms with Crippen LogP contribution in [0, 0.1) is 17.8 Å². The van der Waals surface area contributed by atoms with E-state index >= 15 is 0 Å². The lowest BCUT2D eigenvalue weighted by atomic mass is 9.70. The summed E-state index contributed by atoms with van der Waals surface area (Å²) >= 11 is 0. The van der Waals surface area contributed by atoms with Gasteiger partial charge >= 0.3 is 9.28 Å². The monoisotopic (exact) mass is 298 g/mol. The zero-order valence-corrected chi connectivity index (χ0v) is 15.1. The van der Waals surface area contributed by atoms with E-state index in [-0.39, 0.29) is 0 Å². The van der Waals surface area contributed by atoms with Gasteiger partial charge in [0.25, 0.3) is 0 Å². The van der Waals surface area contributed by atoms with Crippen molar-refractivity contribution in [3.63, 3.8) is 0 Å². The molecule has 0 aliphatic heterocycles. The van der Waals surface area contributed by atoms with Crippen LogP contribution in [0.4, 0.5) is 0 Å². The first-order valence-corrected chi connectivity index (χ1v) is 10.4. The summed E-state index contributed by atoms with van der Waals surface area (Å²) in [5.41, 5.74) is 0. The molecule has 2 nitrogen and oxygen atoms in total. The van der Waals surface area contributed by atoms with Crippen molar-refractivity contribution in [1.29, 1.82) is 0 Å². The van der Waals surface area contributed by atoms with Gasteiger partial charge in [0, 0.05) is 18.3 Å².